The third-order valence-electron chi connectivity index (χ3n) is 2.00. The number of nitrogens with zero attached hydrogens (tertiary/aromatic N) is 4. The Labute approximate surface area is 87.8 Å². The molecule has 0 aliphatic heterocycles. The van der Waals surface area contributed by atoms with Crippen LogP contribution in [-0.4, -0.2) is 19.6 Å². The molecule has 0 aliphatic rings. The standard InChI is InChI=1S/C9H12N4S/c1-9(2,3)6-4-7(14)13-8(12-6)10-5-11-13/h4-5,14H,1-3H3. The molecule has 2 aromatic rings. The van der Waals surface area contributed by atoms with Crippen LogP contribution in [0.1, 0.15) is 26.5 Å². The SMILES string of the molecule is CC(C)(C)c1cc(S)n2ncnc2n1. The summed E-state index contributed by atoms with van der Waals surface area (Å²) in [4.78, 5) is 8.45. The van der Waals surface area contributed by atoms with Crippen molar-refractivity contribution in [1.82, 2.24) is 19.6 Å². The molecule has 0 aliphatic carbocycles. The summed E-state index contributed by atoms with van der Waals surface area (Å²) >= 11 is 4.34. The molecule has 2 aromatic heterocycles. The molecule has 2 rings (SSSR count). The van der Waals surface area contributed by atoms with Crippen LogP contribution in [-0.2, 0) is 5.41 Å². The summed E-state index contributed by atoms with van der Waals surface area (Å²) in [7, 11) is 0. The largest absolute Gasteiger partial charge is 0.253 e. The van der Waals surface area contributed by atoms with Gasteiger partial charge in [0, 0.05) is 5.41 Å². The van der Waals surface area contributed by atoms with Crippen LogP contribution in [0.4, 0.5) is 0 Å². The zero-order chi connectivity index (χ0) is 10.3. The van der Waals surface area contributed by atoms with Gasteiger partial charge in [-0.3, -0.25) is 0 Å². The van der Waals surface area contributed by atoms with Gasteiger partial charge in [0.25, 0.3) is 5.78 Å². The molecule has 0 aromatic carbocycles. The van der Waals surface area contributed by atoms with Crippen molar-refractivity contribution in [3.8, 4) is 0 Å². The van der Waals surface area contributed by atoms with Crippen LogP contribution in [0.2, 0.25) is 0 Å². The maximum Gasteiger partial charge on any atom is 0.253 e. The summed E-state index contributed by atoms with van der Waals surface area (Å²) in [5.41, 5.74) is 0.980. The van der Waals surface area contributed by atoms with Crippen molar-refractivity contribution in [3.63, 3.8) is 0 Å². The monoisotopic (exact) mass is 208 g/mol. The summed E-state index contributed by atoms with van der Waals surface area (Å²) in [6, 6.07) is 1.92. The molecule has 0 spiro atoms. The quantitative estimate of drug-likeness (QED) is 0.529. The molecular formula is C9H12N4S. The van der Waals surface area contributed by atoms with Crippen molar-refractivity contribution in [3.05, 3.63) is 18.1 Å². The highest BCUT2D eigenvalue weighted by Gasteiger charge is 2.17. The minimum atomic E-state index is 0.00514. The first kappa shape index (κ1) is 9.45. The van der Waals surface area contributed by atoms with Crippen LogP contribution in [0.25, 0.3) is 5.78 Å². The molecule has 0 saturated heterocycles. The topological polar surface area (TPSA) is 43.1 Å². The Morgan fingerprint density at radius 1 is 1.36 bits per heavy atom. The second-order valence-electron chi connectivity index (χ2n) is 4.22. The molecule has 5 heteroatoms. The maximum atomic E-state index is 4.41. The lowest BCUT2D eigenvalue weighted by atomic mass is 9.92. The van der Waals surface area contributed by atoms with E-state index >= 15 is 0 Å². The molecule has 0 bridgehead atoms. The molecule has 2 heterocycles. The summed E-state index contributed by atoms with van der Waals surface area (Å²) in [6.07, 6.45) is 1.48. The number of rotatable bonds is 0. The first-order chi connectivity index (χ1) is 6.48. The molecule has 4 nitrogen and oxygen atoms in total. The first-order valence-electron chi connectivity index (χ1n) is 4.39. The van der Waals surface area contributed by atoms with Gasteiger partial charge in [0.15, 0.2) is 0 Å². The third-order valence-corrected chi connectivity index (χ3v) is 2.32. The fraction of sp³-hybridized carbons (Fsp3) is 0.444. The smallest absolute Gasteiger partial charge is 0.215 e. The van der Waals surface area contributed by atoms with Crippen LogP contribution in [0.3, 0.4) is 0 Å². The molecule has 0 saturated carbocycles. The molecule has 0 unspecified atom stereocenters. The van der Waals surface area contributed by atoms with Crippen LogP contribution < -0.4 is 0 Å². The fourth-order valence-corrected chi connectivity index (χ4v) is 1.44. The Balaban J connectivity index is 2.70. The first-order valence-corrected chi connectivity index (χ1v) is 4.83. The van der Waals surface area contributed by atoms with Crippen molar-refractivity contribution < 1.29 is 0 Å². The second-order valence-corrected chi connectivity index (χ2v) is 4.68. The van der Waals surface area contributed by atoms with Gasteiger partial charge in [-0.1, -0.05) is 20.8 Å². The van der Waals surface area contributed by atoms with E-state index in [1.165, 1.54) is 6.33 Å². The highest BCUT2D eigenvalue weighted by molar-refractivity contribution is 7.80. The van der Waals surface area contributed by atoms with E-state index in [4.69, 9.17) is 0 Å². The minimum absolute atomic E-state index is 0.00514. The van der Waals surface area contributed by atoms with E-state index < -0.39 is 0 Å². The van der Waals surface area contributed by atoms with E-state index in [2.05, 4.69) is 48.5 Å². The number of hydrogen-bond donors (Lipinski definition) is 1. The summed E-state index contributed by atoms with van der Waals surface area (Å²) < 4.78 is 1.61. The number of thiol groups is 1. The van der Waals surface area contributed by atoms with Gasteiger partial charge in [-0.2, -0.15) is 14.6 Å². The van der Waals surface area contributed by atoms with Crippen LogP contribution >= 0.6 is 12.6 Å². The van der Waals surface area contributed by atoms with Gasteiger partial charge < -0.3 is 0 Å². The molecule has 0 amide bonds. The molecule has 74 valence electrons. The van der Waals surface area contributed by atoms with Gasteiger partial charge in [-0.05, 0) is 6.07 Å². The zero-order valence-corrected chi connectivity index (χ0v) is 9.29. The van der Waals surface area contributed by atoms with Crippen molar-refractivity contribution in [1.29, 1.82) is 0 Å². The van der Waals surface area contributed by atoms with Gasteiger partial charge in [0.1, 0.15) is 11.4 Å². The fourth-order valence-electron chi connectivity index (χ4n) is 1.18. The lowest BCUT2D eigenvalue weighted by molar-refractivity contribution is 0.563. The van der Waals surface area contributed by atoms with Crippen molar-refractivity contribution in [2.24, 2.45) is 0 Å². The average Bonchev–Trinajstić information content (AvgIpc) is 2.50. The van der Waals surface area contributed by atoms with Crippen molar-refractivity contribution in [2.75, 3.05) is 0 Å². The Morgan fingerprint density at radius 2 is 2.07 bits per heavy atom. The zero-order valence-electron chi connectivity index (χ0n) is 8.39. The summed E-state index contributed by atoms with van der Waals surface area (Å²) in [5.74, 6) is 0.599. The Bertz CT molecular complexity index is 469. The summed E-state index contributed by atoms with van der Waals surface area (Å²) in [5, 5.41) is 4.77. The van der Waals surface area contributed by atoms with Crippen molar-refractivity contribution >= 4 is 18.4 Å². The van der Waals surface area contributed by atoms with Gasteiger partial charge in [0.2, 0.25) is 0 Å². The Kier molecular flexibility index (Phi) is 1.99. The third kappa shape index (κ3) is 1.48. The van der Waals surface area contributed by atoms with E-state index in [-0.39, 0.29) is 5.41 Å². The minimum Gasteiger partial charge on any atom is -0.215 e. The Morgan fingerprint density at radius 3 is 2.71 bits per heavy atom. The average molecular weight is 208 g/mol. The second kappa shape index (κ2) is 2.95. The Hall–Kier alpha value is -1.10. The molecule has 0 radical (unpaired) electrons. The van der Waals surface area contributed by atoms with E-state index in [9.17, 15) is 0 Å². The van der Waals surface area contributed by atoms with E-state index in [1.807, 2.05) is 6.07 Å². The predicted molar refractivity (Wildman–Crippen MR) is 56.7 cm³/mol. The van der Waals surface area contributed by atoms with E-state index in [0.29, 0.717) is 5.78 Å². The van der Waals surface area contributed by atoms with Crippen LogP contribution in [0, 0.1) is 0 Å². The normalized spacial score (nSPS) is 12.3. The maximum absolute atomic E-state index is 4.41. The molecule has 0 fully saturated rings. The van der Waals surface area contributed by atoms with E-state index in [1.54, 1.807) is 4.52 Å². The van der Waals surface area contributed by atoms with Gasteiger partial charge in [-0.15, -0.1) is 12.6 Å². The molecule has 0 N–H and O–H groups in total. The lowest BCUT2D eigenvalue weighted by Crippen LogP contribution is -2.14. The van der Waals surface area contributed by atoms with Crippen LogP contribution in [0.5, 0.6) is 0 Å². The number of aromatic nitrogens is 4. The van der Waals surface area contributed by atoms with E-state index in [0.717, 1.165) is 10.7 Å². The molecule has 0 atom stereocenters. The van der Waals surface area contributed by atoms with Gasteiger partial charge >= 0.3 is 0 Å². The highest BCUT2D eigenvalue weighted by Crippen LogP contribution is 2.22. The lowest BCUT2D eigenvalue weighted by Gasteiger charge is -2.17. The number of hydrogen-bond acceptors (Lipinski definition) is 4. The summed E-state index contributed by atoms with van der Waals surface area (Å²) in [6.45, 7) is 6.32. The molecule has 14 heavy (non-hydrogen) atoms. The highest BCUT2D eigenvalue weighted by atomic mass is 32.1. The molecular weight excluding hydrogens is 196 g/mol. The van der Waals surface area contributed by atoms with Gasteiger partial charge in [-0.25, -0.2) is 4.98 Å². The van der Waals surface area contributed by atoms with Gasteiger partial charge in [0.05, 0.1) is 5.69 Å². The predicted octanol–water partition coefficient (Wildman–Crippen LogP) is 1.71. The van der Waals surface area contributed by atoms with Crippen LogP contribution in [0.15, 0.2) is 17.4 Å². The number of fused-ring (bicyclic) bond motifs is 1. The van der Waals surface area contributed by atoms with Crippen molar-refractivity contribution in [2.45, 2.75) is 31.2 Å².